The highest BCUT2D eigenvalue weighted by molar-refractivity contribution is 7.89. The van der Waals surface area contributed by atoms with Crippen molar-refractivity contribution in [3.63, 3.8) is 0 Å². The molecule has 1 saturated heterocycles. The fourth-order valence-electron chi connectivity index (χ4n) is 3.31. The topological polar surface area (TPSA) is 79.4 Å². The third kappa shape index (κ3) is 4.43. The van der Waals surface area contributed by atoms with Crippen molar-refractivity contribution in [1.82, 2.24) is 9.21 Å². The minimum Gasteiger partial charge on any atom is -0.493 e. The van der Waals surface area contributed by atoms with Gasteiger partial charge in [0.25, 0.3) is 5.91 Å². The second-order valence-corrected chi connectivity index (χ2v) is 9.08. The molecule has 9 heteroatoms. The van der Waals surface area contributed by atoms with E-state index in [0.29, 0.717) is 48.9 Å². The molecule has 0 radical (unpaired) electrons. The summed E-state index contributed by atoms with van der Waals surface area (Å²) in [6, 6.07) is 11.3. The molecule has 1 fully saturated rings. The molecule has 0 saturated carbocycles. The Balaban J connectivity index is 1.85. The number of nitrogens with zero attached hydrogens (tertiary/aromatic N) is 3. The van der Waals surface area contributed by atoms with E-state index in [1.54, 1.807) is 44.5 Å². The van der Waals surface area contributed by atoms with Crippen molar-refractivity contribution >= 4 is 21.6 Å². The Labute approximate surface area is 177 Å². The van der Waals surface area contributed by atoms with Gasteiger partial charge >= 0.3 is 0 Å². The van der Waals surface area contributed by atoms with Crippen LogP contribution in [0.3, 0.4) is 0 Å². The van der Waals surface area contributed by atoms with Gasteiger partial charge in [0.05, 0.1) is 19.1 Å². The summed E-state index contributed by atoms with van der Waals surface area (Å²) in [5.74, 6) is 0.737. The van der Waals surface area contributed by atoms with E-state index in [1.165, 1.54) is 28.4 Å². The SMILES string of the molecule is COc1ccc(N(C)C(=O)c2cccc(S(=O)(=O)N3CCN(C)CC3)c2)cc1OC. The summed E-state index contributed by atoms with van der Waals surface area (Å²) in [6.07, 6.45) is 0. The second kappa shape index (κ2) is 9.03. The van der Waals surface area contributed by atoms with Crippen LogP contribution in [0.25, 0.3) is 0 Å². The zero-order valence-corrected chi connectivity index (χ0v) is 18.5. The highest BCUT2D eigenvalue weighted by Gasteiger charge is 2.28. The molecule has 0 aliphatic carbocycles. The van der Waals surface area contributed by atoms with Crippen LogP contribution < -0.4 is 14.4 Å². The van der Waals surface area contributed by atoms with Gasteiger partial charge in [-0.05, 0) is 37.4 Å². The standard InChI is InChI=1S/C21H27N3O5S/c1-22-10-12-24(13-11-22)30(26,27)18-7-5-6-16(14-18)21(25)23(2)17-8-9-19(28-3)20(15-17)29-4/h5-9,14-15H,10-13H2,1-4H3. The predicted molar refractivity (Wildman–Crippen MR) is 115 cm³/mol. The van der Waals surface area contributed by atoms with Gasteiger partial charge in [-0.2, -0.15) is 4.31 Å². The first-order valence-electron chi connectivity index (χ1n) is 9.56. The maximum Gasteiger partial charge on any atom is 0.258 e. The van der Waals surface area contributed by atoms with Gasteiger partial charge in [-0.3, -0.25) is 4.79 Å². The number of rotatable bonds is 6. The quantitative estimate of drug-likeness (QED) is 0.693. The Morgan fingerprint density at radius 2 is 1.63 bits per heavy atom. The van der Waals surface area contributed by atoms with Crippen LogP contribution in [0.2, 0.25) is 0 Å². The molecule has 1 heterocycles. The fraction of sp³-hybridized carbons (Fsp3) is 0.381. The molecule has 0 bridgehead atoms. The lowest BCUT2D eigenvalue weighted by molar-refractivity contribution is 0.0992. The van der Waals surface area contributed by atoms with Crippen LogP contribution in [0.4, 0.5) is 5.69 Å². The van der Waals surface area contributed by atoms with Gasteiger partial charge in [0, 0.05) is 50.5 Å². The van der Waals surface area contributed by atoms with Crippen LogP contribution in [0.15, 0.2) is 47.4 Å². The van der Waals surface area contributed by atoms with Gasteiger partial charge in [0.1, 0.15) is 0 Å². The molecular weight excluding hydrogens is 406 g/mol. The average Bonchev–Trinajstić information content (AvgIpc) is 2.78. The van der Waals surface area contributed by atoms with Gasteiger partial charge in [0.15, 0.2) is 11.5 Å². The molecule has 30 heavy (non-hydrogen) atoms. The molecule has 2 aromatic carbocycles. The molecule has 8 nitrogen and oxygen atoms in total. The summed E-state index contributed by atoms with van der Waals surface area (Å²) in [5, 5.41) is 0. The number of ether oxygens (including phenoxy) is 2. The van der Waals surface area contributed by atoms with Crippen LogP contribution in [0, 0.1) is 0 Å². The van der Waals surface area contributed by atoms with Crippen molar-refractivity contribution in [3.05, 3.63) is 48.0 Å². The van der Waals surface area contributed by atoms with Crippen molar-refractivity contribution in [3.8, 4) is 11.5 Å². The summed E-state index contributed by atoms with van der Waals surface area (Å²) in [5.41, 5.74) is 0.896. The van der Waals surface area contributed by atoms with Gasteiger partial charge in [-0.15, -0.1) is 0 Å². The third-order valence-corrected chi connectivity index (χ3v) is 7.13. The highest BCUT2D eigenvalue weighted by Crippen LogP contribution is 2.31. The Morgan fingerprint density at radius 3 is 2.27 bits per heavy atom. The van der Waals surface area contributed by atoms with Crippen molar-refractivity contribution in [2.75, 3.05) is 59.4 Å². The Bertz CT molecular complexity index is 1020. The zero-order valence-electron chi connectivity index (χ0n) is 17.7. The molecule has 1 aliphatic heterocycles. The summed E-state index contributed by atoms with van der Waals surface area (Å²) in [6.45, 7) is 2.23. The van der Waals surface area contributed by atoms with Crippen molar-refractivity contribution in [2.24, 2.45) is 0 Å². The highest BCUT2D eigenvalue weighted by atomic mass is 32.2. The van der Waals surface area contributed by atoms with Gasteiger partial charge < -0.3 is 19.3 Å². The van der Waals surface area contributed by atoms with Crippen molar-refractivity contribution in [2.45, 2.75) is 4.90 Å². The number of hydrogen-bond donors (Lipinski definition) is 0. The molecule has 3 rings (SSSR count). The molecule has 0 aromatic heterocycles. The number of carbonyl (C=O) groups excluding carboxylic acids is 1. The van der Waals surface area contributed by atoms with Crippen LogP contribution >= 0.6 is 0 Å². The molecule has 0 atom stereocenters. The number of carbonyl (C=O) groups is 1. The zero-order chi connectivity index (χ0) is 21.9. The third-order valence-electron chi connectivity index (χ3n) is 5.24. The van der Waals surface area contributed by atoms with Crippen molar-refractivity contribution < 1.29 is 22.7 Å². The lowest BCUT2D eigenvalue weighted by atomic mass is 10.2. The molecule has 0 spiro atoms. The molecular formula is C21H27N3O5S. The number of hydrogen-bond acceptors (Lipinski definition) is 6. The molecule has 1 amide bonds. The number of benzene rings is 2. The van der Waals surface area contributed by atoms with E-state index in [-0.39, 0.29) is 10.8 Å². The summed E-state index contributed by atoms with van der Waals surface area (Å²) >= 11 is 0. The molecule has 1 aliphatic rings. The summed E-state index contributed by atoms with van der Waals surface area (Å²) in [7, 11) is 3.01. The lowest BCUT2D eigenvalue weighted by Crippen LogP contribution is -2.47. The van der Waals surface area contributed by atoms with E-state index in [9.17, 15) is 13.2 Å². The summed E-state index contributed by atoms with van der Waals surface area (Å²) in [4.78, 5) is 16.7. The first kappa shape index (κ1) is 22.1. The number of likely N-dealkylation sites (N-methyl/N-ethyl adjacent to an activating group) is 1. The second-order valence-electron chi connectivity index (χ2n) is 7.14. The van der Waals surface area contributed by atoms with E-state index in [1.807, 2.05) is 7.05 Å². The predicted octanol–water partition coefficient (Wildman–Crippen LogP) is 1.92. The Hall–Kier alpha value is -2.62. The van der Waals surface area contributed by atoms with E-state index >= 15 is 0 Å². The van der Waals surface area contributed by atoms with Gasteiger partial charge in [-0.1, -0.05) is 6.07 Å². The minimum atomic E-state index is -3.65. The fourth-order valence-corrected chi connectivity index (χ4v) is 4.78. The van der Waals surface area contributed by atoms with E-state index in [0.717, 1.165) is 0 Å². The van der Waals surface area contributed by atoms with E-state index in [2.05, 4.69) is 4.90 Å². The number of anilines is 1. The first-order valence-corrected chi connectivity index (χ1v) is 11.0. The molecule has 0 unspecified atom stereocenters. The van der Waals surface area contributed by atoms with Crippen LogP contribution in [-0.4, -0.2) is 78.0 Å². The van der Waals surface area contributed by atoms with Crippen LogP contribution in [0.1, 0.15) is 10.4 Å². The van der Waals surface area contributed by atoms with Crippen molar-refractivity contribution in [1.29, 1.82) is 0 Å². The molecule has 2 aromatic rings. The number of methoxy groups -OCH3 is 2. The molecule has 162 valence electrons. The number of amides is 1. The monoisotopic (exact) mass is 433 g/mol. The minimum absolute atomic E-state index is 0.124. The van der Waals surface area contributed by atoms with Crippen LogP contribution in [-0.2, 0) is 10.0 Å². The van der Waals surface area contributed by atoms with E-state index in [4.69, 9.17) is 9.47 Å². The smallest absolute Gasteiger partial charge is 0.258 e. The Kier molecular flexibility index (Phi) is 6.64. The van der Waals surface area contributed by atoms with E-state index < -0.39 is 10.0 Å². The largest absolute Gasteiger partial charge is 0.493 e. The average molecular weight is 434 g/mol. The maximum absolute atomic E-state index is 13.0. The number of piperazine rings is 1. The lowest BCUT2D eigenvalue weighted by Gasteiger charge is -2.31. The normalized spacial score (nSPS) is 15.6. The summed E-state index contributed by atoms with van der Waals surface area (Å²) < 4.78 is 38.0. The maximum atomic E-state index is 13.0. The molecule has 0 N–H and O–H groups in total. The van der Waals surface area contributed by atoms with Crippen LogP contribution in [0.5, 0.6) is 11.5 Å². The Morgan fingerprint density at radius 1 is 0.967 bits per heavy atom. The van der Waals surface area contributed by atoms with Gasteiger partial charge in [0.2, 0.25) is 10.0 Å². The number of sulfonamides is 1. The first-order chi connectivity index (χ1) is 14.3. The van der Waals surface area contributed by atoms with Gasteiger partial charge in [-0.25, -0.2) is 8.42 Å².